The van der Waals surface area contributed by atoms with Crippen LogP contribution in [0.3, 0.4) is 0 Å². The van der Waals surface area contributed by atoms with Crippen LogP contribution in [-0.4, -0.2) is 18.9 Å². The highest BCUT2D eigenvalue weighted by atomic mass is 16.5. The number of ketones is 1. The van der Waals surface area contributed by atoms with Gasteiger partial charge >= 0.3 is 5.97 Å². The Morgan fingerprint density at radius 2 is 2.00 bits per heavy atom. The van der Waals surface area contributed by atoms with Gasteiger partial charge in [0.2, 0.25) is 0 Å². The molecule has 1 aliphatic carbocycles. The third-order valence-electron chi connectivity index (χ3n) is 3.26. The molecule has 0 aliphatic heterocycles. The minimum atomic E-state index is -0.281. The third kappa shape index (κ3) is 4.86. The van der Waals surface area contributed by atoms with Crippen LogP contribution < -0.4 is 0 Å². The average molecular weight is 262 g/mol. The summed E-state index contributed by atoms with van der Waals surface area (Å²) in [6.45, 7) is 5.89. The van der Waals surface area contributed by atoms with E-state index in [1.54, 1.807) is 13.0 Å². The first-order valence-electron chi connectivity index (χ1n) is 6.53. The Labute approximate surface area is 115 Å². The fourth-order valence-corrected chi connectivity index (χ4v) is 1.85. The van der Waals surface area contributed by atoms with Crippen LogP contribution in [0.5, 0.6) is 0 Å². The number of methoxy groups -OCH3 is 1. The number of hydrogen-bond donors (Lipinski definition) is 0. The molecule has 104 valence electrons. The van der Waals surface area contributed by atoms with Gasteiger partial charge in [0.15, 0.2) is 5.78 Å². The molecule has 3 heteroatoms. The normalized spacial score (nSPS) is 27.3. The maximum Gasteiger partial charge on any atom is 0.333 e. The van der Waals surface area contributed by atoms with E-state index in [9.17, 15) is 9.59 Å². The second-order valence-corrected chi connectivity index (χ2v) is 5.54. The largest absolute Gasteiger partial charge is 0.466 e. The molecule has 19 heavy (non-hydrogen) atoms. The van der Waals surface area contributed by atoms with Gasteiger partial charge in [-0.05, 0) is 43.3 Å². The summed E-state index contributed by atoms with van der Waals surface area (Å²) in [7, 11) is 1.39. The molecule has 0 N–H and O–H groups in total. The maximum absolute atomic E-state index is 11.8. The van der Waals surface area contributed by atoms with Crippen molar-refractivity contribution < 1.29 is 14.3 Å². The first-order chi connectivity index (χ1) is 8.85. The first kappa shape index (κ1) is 15.4. The van der Waals surface area contributed by atoms with Gasteiger partial charge in [-0.25, -0.2) is 4.79 Å². The Hall–Kier alpha value is -1.64. The van der Waals surface area contributed by atoms with Gasteiger partial charge in [0, 0.05) is 5.57 Å². The predicted molar refractivity (Wildman–Crippen MR) is 75.6 cm³/mol. The highest BCUT2D eigenvalue weighted by Crippen LogP contribution is 2.25. The van der Waals surface area contributed by atoms with Crippen LogP contribution in [0.25, 0.3) is 0 Å². The maximum atomic E-state index is 11.8. The van der Waals surface area contributed by atoms with Gasteiger partial charge in [0.25, 0.3) is 0 Å². The summed E-state index contributed by atoms with van der Waals surface area (Å²) >= 11 is 0. The molecular weight excluding hydrogens is 240 g/mol. The van der Waals surface area contributed by atoms with Crippen LogP contribution in [-0.2, 0) is 14.3 Å². The Kier molecular flexibility index (Phi) is 5.28. The monoisotopic (exact) mass is 262 g/mol. The molecule has 0 spiro atoms. The number of carbonyl (C=O) groups is 2. The van der Waals surface area contributed by atoms with Gasteiger partial charge in [-0.15, -0.1) is 0 Å². The summed E-state index contributed by atoms with van der Waals surface area (Å²) in [5.74, 6) is -0.244. The lowest BCUT2D eigenvalue weighted by molar-refractivity contribution is -0.136. The molecule has 0 aromatic heterocycles. The van der Waals surface area contributed by atoms with Crippen molar-refractivity contribution in [3.63, 3.8) is 0 Å². The van der Waals surface area contributed by atoms with Gasteiger partial charge in [0.1, 0.15) is 0 Å². The number of ether oxygens (including phenoxy) is 1. The van der Waals surface area contributed by atoms with Crippen molar-refractivity contribution in [2.24, 2.45) is 5.41 Å². The molecule has 1 aliphatic rings. The summed E-state index contributed by atoms with van der Waals surface area (Å²) in [5, 5.41) is 0. The van der Waals surface area contributed by atoms with Crippen molar-refractivity contribution in [3.05, 3.63) is 35.5 Å². The second kappa shape index (κ2) is 6.50. The number of esters is 1. The minimum Gasteiger partial charge on any atom is -0.466 e. The Morgan fingerprint density at radius 3 is 2.63 bits per heavy atom. The molecule has 0 aromatic carbocycles. The number of allylic oxidation sites excluding steroid dienone is 5. The Morgan fingerprint density at radius 1 is 1.32 bits per heavy atom. The molecule has 0 aromatic rings. The van der Waals surface area contributed by atoms with Gasteiger partial charge < -0.3 is 4.74 Å². The smallest absolute Gasteiger partial charge is 0.333 e. The number of hydrogen-bond acceptors (Lipinski definition) is 3. The lowest BCUT2D eigenvalue weighted by atomic mass is 9.87. The molecule has 0 radical (unpaired) electrons. The summed E-state index contributed by atoms with van der Waals surface area (Å²) in [6, 6.07) is 0. The van der Waals surface area contributed by atoms with Gasteiger partial charge in [-0.1, -0.05) is 32.1 Å². The summed E-state index contributed by atoms with van der Waals surface area (Å²) < 4.78 is 4.79. The lowest BCUT2D eigenvalue weighted by Gasteiger charge is -2.18. The summed E-state index contributed by atoms with van der Waals surface area (Å²) in [6.07, 6.45) is 9.32. The van der Waals surface area contributed by atoms with Crippen LogP contribution in [0.15, 0.2) is 35.5 Å². The van der Waals surface area contributed by atoms with E-state index in [-0.39, 0.29) is 17.2 Å². The zero-order valence-corrected chi connectivity index (χ0v) is 12.2. The average Bonchev–Trinajstić information content (AvgIpc) is 2.39. The van der Waals surface area contributed by atoms with E-state index in [4.69, 9.17) is 4.74 Å². The third-order valence-corrected chi connectivity index (χ3v) is 3.26. The van der Waals surface area contributed by atoms with Gasteiger partial charge in [-0.3, -0.25) is 4.79 Å². The molecule has 0 bridgehead atoms. The Bertz CT molecular complexity index is 451. The van der Waals surface area contributed by atoms with E-state index >= 15 is 0 Å². The molecule has 0 heterocycles. The molecule has 0 amide bonds. The van der Waals surface area contributed by atoms with Crippen molar-refractivity contribution in [1.82, 2.24) is 0 Å². The zero-order valence-electron chi connectivity index (χ0n) is 12.2. The highest BCUT2D eigenvalue weighted by Gasteiger charge is 2.17. The molecule has 1 rings (SSSR count). The fraction of sp³-hybridized carbons (Fsp3) is 0.500. The highest BCUT2D eigenvalue weighted by molar-refractivity contribution is 6.03. The number of rotatable bonds is 1. The van der Waals surface area contributed by atoms with Crippen LogP contribution in [0.1, 0.15) is 40.0 Å². The van der Waals surface area contributed by atoms with E-state index in [1.807, 2.05) is 32.1 Å². The quantitative estimate of drug-likeness (QED) is 0.680. The second-order valence-electron chi connectivity index (χ2n) is 5.54. The van der Waals surface area contributed by atoms with E-state index in [1.165, 1.54) is 7.11 Å². The Balaban J connectivity index is 3.05. The molecular formula is C16H22O3. The SMILES string of the molecule is COC(=O)/C1=C\CC(C)(C)/C=C\C(=O)/C(C)=C/CC1. The standard InChI is InChI=1S/C16H22O3/c1-12-6-5-7-13(15(18)19-4)8-10-16(2,3)11-9-14(12)17/h6,8-9,11H,5,7,10H2,1-4H3/b11-9-,12-6+,13-8-. The van der Waals surface area contributed by atoms with Crippen LogP contribution in [0.2, 0.25) is 0 Å². The molecule has 0 atom stereocenters. The molecule has 0 saturated carbocycles. The fourth-order valence-electron chi connectivity index (χ4n) is 1.85. The summed E-state index contributed by atoms with van der Waals surface area (Å²) in [5.41, 5.74) is 1.25. The van der Waals surface area contributed by atoms with Crippen LogP contribution in [0.4, 0.5) is 0 Å². The van der Waals surface area contributed by atoms with Crippen molar-refractivity contribution in [2.45, 2.75) is 40.0 Å². The van der Waals surface area contributed by atoms with Gasteiger partial charge in [0.05, 0.1) is 7.11 Å². The molecule has 3 nitrogen and oxygen atoms in total. The van der Waals surface area contributed by atoms with Crippen molar-refractivity contribution in [2.75, 3.05) is 7.11 Å². The van der Waals surface area contributed by atoms with Crippen molar-refractivity contribution in [3.8, 4) is 0 Å². The van der Waals surface area contributed by atoms with E-state index < -0.39 is 0 Å². The van der Waals surface area contributed by atoms with E-state index in [0.29, 0.717) is 24.8 Å². The predicted octanol–water partition coefficient (Wildman–Crippen LogP) is 3.37. The minimum absolute atomic E-state index is 0.0367. The van der Waals surface area contributed by atoms with E-state index in [0.717, 1.165) is 5.57 Å². The molecule has 0 saturated heterocycles. The van der Waals surface area contributed by atoms with Crippen molar-refractivity contribution >= 4 is 11.8 Å². The van der Waals surface area contributed by atoms with E-state index in [2.05, 4.69) is 0 Å². The van der Waals surface area contributed by atoms with Crippen molar-refractivity contribution in [1.29, 1.82) is 0 Å². The zero-order chi connectivity index (χ0) is 14.5. The molecule has 0 fully saturated rings. The molecule has 0 unspecified atom stereocenters. The first-order valence-corrected chi connectivity index (χ1v) is 6.53. The lowest BCUT2D eigenvalue weighted by Crippen LogP contribution is -2.09. The van der Waals surface area contributed by atoms with Gasteiger partial charge in [-0.2, -0.15) is 0 Å². The number of carbonyl (C=O) groups excluding carboxylic acids is 2. The van der Waals surface area contributed by atoms with Crippen LogP contribution >= 0.6 is 0 Å². The van der Waals surface area contributed by atoms with Crippen LogP contribution in [0, 0.1) is 5.41 Å². The summed E-state index contributed by atoms with van der Waals surface area (Å²) in [4.78, 5) is 23.5. The topological polar surface area (TPSA) is 43.4 Å².